The molecule has 7 nitrogen and oxygen atoms in total. The molecule has 0 saturated heterocycles. The number of furan rings is 1. The van der Waals surface area contributed by atoms with E-state index in [0.29, 0.717) is 27.5 Å². The zero-order chi connectivity index (χ0) is 33.6. The number of aromatic hydroxyl groups is 6. The number of hydrogen-bond donors (Lipinski definition) is 6. The van der Waals surface area contributed by atoms with Crippen LogP contribution in [0.4, 0.5) is 0 Å². The minimum absolute atomic E-state index is 0.0262. The molecule has 0 bridgehead atoms. The predicted molar refractivity (Wildman–Crippen MR) is 193 cm³/mol. The Morgan fingerprint density at radius 1 is 0.327 bits per heavy atom. The van der Waals surface area contributed by atoms with Crippen LogP contribution in [0.3, 0.4) is 0 Å². The van der Waals surface area contributed by atoms with Crippen LogP contribution in [0.25, 0.3) is 87.6 Å². The molecule has 0 unspecified atom stereocenters. The van der Waals surface area contributed by atoms with Gasteiger partial charge in [0.15, 0.2) is 23.0 Å². The van der Waals surface area contributed by atoms with Crippen molar-refractivity contribution in [3.05, 3.63) is 121 Å². The highest BCUT2D eigenvalue weighted by Crippen LogP contribution is 2.61. The van der Waals surface area contributed by atoms with Crippen molar-refractivity contribution in [3.63, 3.8) is 0 Å². The number of phenols is 6. The molecule has 8 aromatic carbocycles. The monoisotopic (exact) mass is 642 g/mol. The zero-order valence-corrected chi connectivity index (χ0v) is 25.6. The number of hydrogen-bond acceptors (Lipinski definition) is 7. The number of benzene rings is 8. The largest absolute Gasteiger partial charge is 0.504 e. The van der Waals surface area contributed by atoms with Crippen LogP contribution in [0.5, 0.6) is 34.5 Å². The van der Waals surface area contributed by atoms with E-state index in [9.17, 15) is 30.6 Å². The molecule has 6 N–H and O–H groups in total. The van der Waals surface area contributed by atoms with Gasteiger partial charge in [-0.05, 0) is 33.2 Å². The highest BCUT2D eigenvalue weighted by atomic mass is 16.3. The zero-order valence-electron chi connectivity index (χ0n) is 25.6. The number of para-hydroxylation sites is 2. The fourth-order valence-corrected chi connectivity index (χ4v) is 7.42. The first-order valence-corrected chi connectivity index (χ1v) is 15.6. The smallest absolute Gasteiger partial charge is 0.204 e. The predicted octanol–water partition coefficient (Wildman–Crippen LogP) is 10.3. The minimum Gasteiger partial charge on any atom is -0.504 e. The van der Waals surface area contributed by atoms with Crippen LogP contribution in [0.1, 0.15) is 0 Å². The first-order chi connectivity index (χ1) is 23.9. The van der Waals surface area contributed by atoms with Crippen LogP contribution in [-0.4, -0.2) is 30.6 Å². The summed E-state index contributed by atoms with van der Waals surface area (Å²) in [6, 6.07) is 37.6. The molecule has 0 saturated carbocycles. The number of fused-ring (bicyclic) bond motifs is 6. The molecule has 0 aliphatic rings. The van der Waals surface area contributed by atoms with Gasteiger partial charge in [0.05, 0.1) is 0 Å². The van der Waals surface area contributed by atoms with Crippen LogP contribution >= 0.6 is 0 Å². The Kier molecular flexibility index (Phi) is 5.98. The second kappa shape index (κ2) is 10.3. The normalized spacial score (nSPS) is 11.8. The van der Waals surface area contributed by atoms with Gasteiger partial charge in [-0.1, -0.05) is 115 Å². The molecule has 1 aromatic heterocycles. The Balaban J connectivity index is 1.49. The summed E-state index contributed by atoms with van der Waals surface area (Å²) in [5.41, 5.74) is 3.98. The Morgan fingerprint density at radius 2 is 0.796 bits per heavy atom. The van der Waals surface area contributed by atoms with Crippen molar-refractivity contribution in [2.45, 2.75) is 0 Å². The molecule has 9 rings (SSSR count). The van der Waals surface area contributed by atoms with E-state index < -0.39 is 34.5 Å². The maximum atomic E-state index is 12.0. The van der Waals surface area contributed by atoms with Crippen LogP contribution in [0.15, 0.2) is 126 Å². The van der Waals surface area contributed by atoms with Gasteiger partial charge >= 0.3 is 0 Å². The van der Waals surface area contributed by atoms with Crippen molar-refractivity contribution >= 4 is 54.3 Å². The van der Waals surface area contributed by atoms with E-state index in [2.05, 4.69) is 0 Å². The first-order valence-electron chi connectivity index (χ1n) is 15.6. The van der Waals surface area contributed by atoms with Gasteiger partial charge in [0, 0.05) is 49.4 Å². The van der Waals surface area contributed by atoms with E-state index >= 15 is 0 Å². The van der Waals surface area contributed by atoms with Crippen molar-refractivity contribution in [2.75, 3.05) is 0 Å². The highest BCUT2D eigenvalue weighted by Gasteiger charge is 2.32. The van der Waals surface area contributed by atoms with Crippen molar-refractivity contribution in [2.24, 2.45) is 0 Å². The summed E-state index contributed by atoms with van der Waals surface area (Å²) in [4.78, 5) is 0. The molecule has 236 valence electrons. The van der Waals surface area contributed by atoms with Gasteiger partial charge < -0.3 is 35.1 Å². The molecule has 1 heterocycles. The Hall–Kier alpha value is -6.86. The lowest BCUT2D eigenvalue weighted by atomic mass is 9.82. The minimum atomic E-state index is -0.961. The van der Waals surface area contributed by atoms with Crippen LogP contribution in [0.2, 0.25) is 0 Å². The summed E-state index contributed by atoms with van der Waals surface area (Å²) in [5.74, 6) is -4.59. The van der Waals surface area contributed by atoms with E-state index in [1.807, 2.05) is 91.0 Å². The van der Waals surface area contributed by atoms with Crippen LogP contribution < -0.4 is 0 Å². The summed E-state index contributed by atoms with van der Waals surface area (Å²) in [7, 11) is 0. The fourth-order valence-electron chi connectivity index (χ4n) is 7.42. The van der Waals surface area contributed by atoms with Gasteiger partial charge in [0.25, 0.3) is 0 Å². The summed E-state index contributed by atoms with van der Waals surface area (Å²) >= 11 is 0. The Labute approximate surface area is 278 Å². The van der Waals surface area contributed by atoms with Crippen molar-refractivity contribution < 1.29 is 35.1 Å². The lowest BCUT2D eigenvalue weighted by Crippen LogP contribution is -1.95. The third-order valence-electron chi connectivity index (χ3n) is 9.51. The second-order valence-corrected chi connectivity index (χ2v) is 12.1. The van der Waals surface area contributed by atoms with Gasteiger partial charge in [0.2, 0.25) is 11.5 Å². The molecular weight excluding hydrogens is 616 g/mol. The summed E-state index contributed by atoms with van der Waals surface area (Å²) in [6.45, 7) is 0. The topological polar surface area (TPSA) is 135 Å². The maximum absolute atomic E-state index is 12.0. The summed E-state index contributed by atoms with van der Waals surface area (Å²) in [6.07, 6.45) is 0. The molecule has 0 spiro atoms. The van der Waals surface area contributed by atoms with Gasteiger partial charge in [-0.3, -0.25) is 0 Å². The third-order valence-corrected chi connectivity index (χ3v) is 9.51. The molecule has 0 amide bonds. The molecular formula is C42H26O7. The average molecular weight is 643 g/mol. The molecule has 7 heteroatoms. The Morgan fingerprint density at radius 3 is 1.41 bits per heavy atom. The van der Waals surface area contributed by atoms with E-state index in [1.54, 1.807) is 30.3 Å². The average Bonchev–Trinajstić information content (AvgIpc) is 3.53. The Bertz CT molecular complexity index is 2780. The lowest BCUT2D eigenvalue weighted by Gasteiger charge is -2.23. The van der Waals surface area contributed by atoms with Crippen LogP contribution in [0, 0.1) is 0 Å². The van der Waals surface area contributed by atoms with E-state index in [-0.39, 0.29) is 21.9 Å². The quantitative estimate of drug-likeness (QED) is 0.0641. The molecule has 0 atom stereocenters. The molecule has 49 heavy (non-hydrogen) atoms. The number of phenolic OH excluding ortho intramolecular Hbond substituents is 6. The van der Waals surface area contributed by atoms with Gasteiger partial charge in [0.1, 0.15) is 11.2 Å². The highest BCUT2D eigenvalue weighted by molar-refractivity contribution is 6.28. The maximum Gasteiger partial charge on any atom is 0.204 e. The summed E-state index contributed by atoms with van der Waals surface area (Å²) in [5, 5.41) is 72.7. The molecule has 0 aliphatic carbocycles. The molecule has 0 radical (unpaired) electrons. The van der Waals surface area contributed by atoms with Crippen molar-refractivity contribution in [1.29, 1.82) is 0 Å². The second-order valence-electron chi connectivity index (χ2n) is 12.1. The van der Waals surface area contributed by atoms with Gasteiger partial charge in [-0.2, -0.15) is 0 Å². The molecule has 9 aromatic rings. The number of rotatable bonds is 3. The third kappa shape index (κ3) is 3.84. The SMILES string of the molecule is Oc1c(O)c(O)c2c(-c3c4ccccc4c(-c4cccc5c4oc4ccccc45)c4ccccc34)c(O)c(O)c(-c3ccccc3)c2c1O. The van der Waals surface area contributed by atoms with Crippen molar-refractivity contribution in [1.82, 2.24) is 0 Å². The lowest BCUT2D eigenvalue weighted by molar-refractivity contribution is 0.350. The fraction of sp³-hybridized carbons (Fsp3) is 0. The van der Waals surface area contributed by atoms with E-state index in [0.717, 1.165) is 38.3 Å². The molecule has 0 aliphatic heterocycles. The van der Waals surface area contributed by atoms with E-state index in [4.69, 9.17) is 4.42 Å². The standard InChI is InChI=1S/C42H26O7/c43-36-30(21-11-2-1-3-12-21)33-35(39(46)41(48)40(47)38(33)45)34(37(36)44)32-25-16-6-4-14-23(25)31(24-15-5-7-17-26(24)32)28-19-10-18-27-22-13-8-9-20-29(22)49-42(27)28/h1-20,43-48H. The summed E-state index contributed by atoms with van der Waals surface area (Å²) < 4.78 is 6.47. The first kappa shape index (κ1) is 28.4. The molecule has 0 fully saturated rings. The van der Waals surface area contributed by atoms with Gasteiger partial charge in [-0.15, -0.1) is 0 Å². The van der Waals surface area contributed by atoms with Gasteiger partial charge in [-0.25, -0.2) is 0 Å². The van der Waals surface area contributed by atoms with Crippen LogP contribution in [-0.2, 0) is 0 Å². The van der Waals surface area contributed by atoms with Crippen molar-refractivity contribution in [3.8, 4) is 67.9 Å². The van der Waals surface area contributed by atoms with E-state index in [1.165, 1.54) is 0 Å².